The van der Waals surface area contributed by atoms with Gasteiger partial charge >= 0.3 is 0 Å². The fourth-order valence-corrected chi connectivity index (χ4v) is 6.61. The van der Waals surface area contributed by atoms with Gasteiger partial charge in [-0.2, -0.15) is 0 Å². The molecule has 0 spiro atoms. The molecule has 2 aromatic carbocycles. The second-order valence-corrected chi connectivity index (χ2v) is 10.9. The van der Waals surface area contributed by atoms with E-state index in [9.17, 15) is 4.79 Å². The number of likely N-dealkylation sites (tertiary alicyclic amines) is 1. The Bertz CT molecular complexity index is 981. The molecule has 196 valence electrons. The summed E-state index contributed by atoms with van der Waals surface area (Å²) in [5, 5.41) is 0. The Balaban J connectivity index is 1.43. The summed E-state index contributed by atoms with van der Waals surface area (Å²) in [4.78, 5) is 17.8. The topological polar surface area (TPSA) is 42.0 Å². The average Bonchev–Trinajstić information content (AvgIpc) is 2.92. The number of carbonyl (C=O) groups excluding carboxylic acids is 1. The number of aryl methyl sites for hydroxylation is 1. The van der Waals surface area contributed by atoms with Crippen LogP contribution < -0.4 is 4.74 Å². The number of ether oxygens (including phenoxy) is 2. The number of fused-ring (bicyclic) bond motifs is 1. The molecule has 4 atom stereocenters. The van der Waals surface area contributed by atoms with Crippen molar-refractivity contribution in [3.63, 3.8) is 0 Å². The van der Waals surface area contributed by atoms with Crippen molar-refractivity contribution in [3.8, 4) is 5.75 Å². The molecule has 1 saturated heterocycles. The molecule has 0 N–H and O–H groups in total. The highest BCUT2D eigenvalue weighted by Gasteiger charge is 2.53. The monoisotopic (exact) mass is 492 g/mol. The van der Waals surface area contributed by atoms with Crippen LogP contribution in [-0.4, -0.2) is 69.3 Å². The van der Waals surface area contributed by atoms with Gasteiger partial charge in [-0.3, -0.25) is 4.79 Å². The van der Waals surface area contributed by atoms with Gasteiger partial charge in [0.05, 0.1) is 13.2 Å². The van der Waals surface area contributed by atoms with Gasteiger partial charge in [-0.15, -0.1) is 0 Å². The SMILES string of the molecule is COc1cccc(C23CCN(C)CC2C(OC)CC(N(C)C(=O)CCCCCc2ccccc2)C3)c1. The van der Waals surface area contributed by atoms with E-state index in [1.807, 2.05) is 25.1 Å². The van der Waals surface area contributed by atoms with E-state index in [0.29, 0.717) is 12.3 Å². The predicted molar refractivity (Wildman–Crippen MR) is 145 cm³/mol. The standard InChI is InChI=1S/C31H44N2O3/c1-32-19-18-31(25-15-11-16-27(20-25)35-3)22-26(21-29(36-4)28(31)23-32)33(2)30(34)17-10-6-9-14-24-12-7-5-8-13-24/h5,7-8,11-13,15-16,20,26,28-29H,6,9-10,14,17-19,21-23H2,1-4H3. The number of benzene rings is 2. The molecule has 2 aromatic rings. The van der Waals surface area contributed by atoms with Gasteiger partial charge in [0.1, 0.15) is 5.75 Å². The van der Waals surface area contributed by atoms with Crippen molar-refractivity contribution in [3.05, 3.63) is 65.7 Å². The van der Waals surface area contributed by atoms with Gasteiger partial charge in [0, 0.05) is 44.5 Å². The van der Waals surface area contributed by atoms with Gasteiger partial charge in [-0.25, -0.2) is 0 Å². The summed E-state index contributed by atoms with van der Waals surface area (Å²) < 4.78 is 11.7. The molecule has 2 fully saturated rings. The summed E-state index contributed by atoms with van der Waals surface area (Å²) in [6.07, 6.45) is 7.95. The van der Waals surface area contributed by atoms with Crippen LogP contribution in [0.2, 0.25) is 0 Å². The first-order valence-corrected chi connectivity index (χ1v) is 13.6. The number of hydrogen-bond donors (Lipinski definition) is 0. The highest BCUT2D eigenvalue weighted by molar-refractivity contribution is 5.76. The first-order chi connectivity index (χ1) is 17.5. The molecule has 4 unspecified atom stereocenters. The van der Waals surface area contributed by atoms with Crippen LogP contribution in [0.5, 0.6) is 5.75 Å². The number of unbranched alkanes of at least 4 members (excludes halogenated alkanes) is 2. The van der Waals surface area contributed by atoms with Crippen LogP contribution in [0, 0.1) is 5.92 Å². The minimum atomic E-state index is -0.0190. The van der Waals surface area contributed by atoms with Crippen LogP contribution in [-0.2, 0) is 21.4 Å². The van der Waals surface area contributed by atoms with E-state index in [2.05, 4.69) is 60.5 Å². The van der Waals surface area contributed by atoms with Crippen LogP contribution in [0.15, 0.2) is 54.6 Å². The third-order valence-corrected chi connectivity index (χ3v) is 8.80. The molecule has 1 aliphatic carbocycles. The van der Waals surface area contributed by atoms with E-state index in [1.54, 1.807) is 7.11 Å². The summed E-state index contributed by atoms with van der Waals surface area (Å²) in [6, 6.07) is 19.4. The second-order valence-electron chi connectivity index (χ2n) is 10.9. The van der Waals surface area contributed by atoms with Gasteiger partial charge in [-0.05, 0) is 75.4 Å². The molecular formula is C31H44N2O3. The molecule has 5 nitrogen and oxygen atoms in total. The fourth-order valence-electron chi connectivity index (χ4n) is 6.61. The van der Waals surface area contributed by atoms with Crippen LogP contribution >= 0.6 is 0 Å². The number of carbonyl (C=O) groups is 1. The lowest BCUT2D eigenvalue weighted by Crippen LogP contribution is -2.61. The average molecular weight is 493 g/mol. The van der Waals surface area contributed by atoms with E-state index in [1.165, 1.54) is 11.1 Å². The van der Waals surface area contributed by atoms with Crippen LogP contribution in [0.3, 0.4) is 0 Å². The van der Waals surface area contributed by atoms with Gasteiger partial charge in [0.2, 0.25) is 5.91 Å². The van der Waals surface area contributed by atoms with Gasteiger partial charge in [0.25, 0.3) is 0 Å². The lowest BCUT2D eigenvalue weighted by atomic mass is 9.56. The Hall–Kier alpha value is -2.37. The van der Waals surface area contributed by atoms with Gasteiger partial charge in [-0.1, -0.05) is 48.9 Å². The van der Waals surface area contributed by atoms with E-state index < -0.39 is 0 Å². The van der Waals surface area contributed by atoms with E-state index >= 15 is 0 Å². The highest BCUT2D eigenvalue weighted by atomic mass is 16.5. The number of amides is 1. The maximum absolute atomic E-state index is 13.3. The summed E-state index contributed by atoms with van der Waals surface area (Å²) in [5.74, 6) is 1.56. The molecule has 36 heavy (non-hydrogen) atoms. The molecule has 4 rings (SSSR count). The fraction of sp³-hybridized carbons (Fsp3) is 0.581. The van der Waals surface area contributed by atoms with Gasteiger partial charge < -0.3 is 19.3 Å². The third-order valence-electron chi connectivity index (χ3n) is 8.80. The second kappa shape index (κ2) is 12.2. The quantitative estimate of drug-likeness (QED) is 0.421. The lowest BCUT2D eigenvalue weighted by Gasteiger charge is -2.56. The number of rotatable bonds is 10. The van der Waals surface area contributed by atoms with Crippen LogP contribution in [0.1, 0.15) is 56.1 Å². The number of piperidine rings is 1. The molecule has 2 aliphatic rings. The van der Waals surface area contributed by atoms with E-state index in [0.717, 1.165) is 63.8 Å². The molecule has 1 saturated carbocycles. The van der Waals surface area contributed by atoms with Crippen molar-refractivity contribution < 1.29 is 14.3 Å². The minimum absolute atomic E-state index is 0.0190. The molecule has 1 heterocycles. The van der Waals surface area contributed by atoms with Crippen LogP contribution in [0.4, 0.5) is 0 Å². The Morgan fingerprint density at radius 1 is 1.08 bits per heavy atom. The molecular weight excluding hydrogens is 448 g/mol. The molecule has 0 radical (unpaired) electrons. The molecule has 5 heteroatoms. The Labute approximate surface area is 217 Å². The first kappa shape index (κ1) is 26.7. The van der Waals surface area contributed by atoms with Crippen LogP contribution in [0.25, 0.3) is 0 Å². The third kappa shape index (κ3) is 5.95. The lowest BCUT2D eigenvalue weighted by molar-refractivity contribution is -0.137. The zero-order valence-electron chi connectivity index (χ0n) is 22.6. The van der Waals surface area contributed by atoms with Crippen molar-refractivity contribution >= 4 is 5.91 Å². The maximum Gasteiger partial charge on any atom is 0.222 e. The summed E-state index contributed by atoms with van der Waals surface area (Å²) >= 11 is 0. The number of hydrogen-bond acceptors (Lipinski definition) is 4. The van der Waals surface area contributed by atoms with Crippen molar-refractivity contribution in [2.45, 2.75) is 68.9 Å². The molecule has 1 amide bonds. The smallest absolute Gasteiger partial charge is 0.222 e. The highest BCUT2D eigenvalue weighted by Crippen LogP contribution is 2.51. The van der Waals surface area contributed by atoms with E-state index in [-0.39, 0.29) is 23.5 Å². The molecule has 1 aliphatic heterocycles. The Kier molecular flexibility index (Phi) is 9.08. The van der Waals surface area contributed by atoms with Gasteiger partial charge in [0.15, 0.2) is 0 Å². The first-order valence-electron chi connectivity index (χ1n) is 13.6. The maximum atomic E-state index is 13.3. The normalized spacial score (nSPS) is 26.3. The summed E-state index contributed by atoms with van der Waals surface area (Å²) in [7, 11) is 7.80. The summed E-state index contributed by atoms with van der Waals surface area (Å²) in [6.45, 7) is 2.07. The largest absolute Gasteiger partial charge is 0.497 e. The molecule has 0 aromatic heterocycles. The zero-order valence-corrected chi connectivity index (χ0v) is 22.6. The predicted octanol–water partition coefficient (Wildman–Crippen LogP) is 5.32. The summed E-state index contributed by atoms with van der Waals surface area (Å²) in [5.41, 5.74) is 2.69. The number of nitrogens with zero attached hydrogens (tertiary/aromatic N) is 2. The minimum Gasteiger partial charge on any atom is -0.497 e. The number of methoxy groups -OCH3 is 2. The van der Waals surface area contributed by atoms with E-state index in [4.69, 9.17) is 9.47 Å². The zero-order chi connectivity index (χ0) is 25.5. The Morgan fingerprint density at radius 2 is 1.89 bits per heavy atom. The Morgan fingerprint density at radius 3 is 2.64 bits per heavy atom. The van der Waals surface area contributed by atoms with Crippen molar-refractivity contribution in [2.24, 2.45) is 5.92 Å². The van der Waals surface area contributed by atoms with Crippen molar-refractivity contribution in [2.75, 3.05) is 41.4 Å². The molecule has 0 bridgehead atoms. The van der Waals surface area contributed by atoms with Crippen molar-refractivity contribution in [1.82, 2.24) is 9.80 Å². The van der Waals surface area contributed by atoms with Crippen molar-refractivity contribution in [1.29, 1.82) is 0 Å².